The van der Waals surface area contributed by atoms with E-state index in [1.165, 1.54) is 18.4 Å². The summed E-state index contributed by atoms with van der Waals surface area (Å²) < 4.78 is 4.83. The van der Waals surface area contributed by atoms with Crippen molar-refractivity contribution in [2.45, 2.75) is 6.92 Å². The summed E-state index contributed by atoms with van der Waals surface area (Å²) >= 11 is 1.36. The highest BCUT2D eigenvalue weighted by Gasteiger charge is 2.16. The summed E-state index contributed by atoms with van der Waals surface area (Å²) in [5.41, 5.74) is 4.59. The smallest absolute Gasteiger partial charge is 0.348 e. The lowest BCUT2D eigenvalue weighted by Gasteiger charge is -2.07. The number of thiophene rings is 1. The van der Waals surface area contributed by atoms with Gasteiger partial charge in [0.2, 0.25) is 0 Å². The molecule has 1 aromatic heterocycles. The van der Waals surface area contributed by atoms with Gasteiger partial charge >= 0.3 is 5.97 Å². The molecular formula is C20H17NO2S. The SMILES string of the molecule is COC(=O)c1scc(N=C(c2ccccc2)c2ccccc2)c1C. The van der Waals surface area contributed by atoms with E-state index in [4.69, 9.17) is 9.73 Å². The molecule has 0 bridgehead atoms. The second kappa shape index (κ2) is 7.23. The Morgan fingerprint density at radius 3 is 2.00 bits per heavy atom. The molecule has 0 amide bonds. The van der Waals surface area contributed by atoms with Crippen molar-refractivity contribution in [1.29, 1.82) is 0 Å². The molecule has 0 aliphatic heterocycles. The third kappa shape index (κ3) is 3.29. The van der Waals surface area contributed by atoms with Crippen LogP contribution in [0, 0.1) is 6.92 Å². The topological polar surface area (TPSA) is 38.7 Å². The number of methoxy groups -OCH3 is 1. The van der Waals surface area contributed by atoms with Crippen LogP contribution in [0.25, 0.3) is 0 Å². The van der Waals surface area contributed by atoms with Crippen molar-refractivity contribution in [2.75, 3.05) is 7.11 Å². The molecule has 0 unspecified atom stereocenters. The molecule has 0 aliphatic rings. The third-order valence-electron chi connectivity index (χ3n) is 3.71. The van der Waals surface area contributed by atoms with E-state index in [0.717, 1.165) is 28.1 Å². The molecule has 2 aromatic carbocycles. The van der Waals surface area contributed by atoms with Crippen LogP contribution in [0.2, 0.25) is 0 Å². The Morgan fingerprint density at radius 1 is 0.958 bits per heavy atom. The maximum atomic E-state index is 11.8. The number of carbonyl (C=O) groups excluding carboxylic acids is 1. The van der Waals surface area contributed by atoms with Crippen LogP contribution in [0.15, 0.2) is 71.0 Å². The fourth-order valence-electron chi connectivity index (χ4n) is 2.42. The number of aliphatic imine (C=N–C) groups is 1. The highest BCUT2D eigenvalue weighted by atomic mass is 32.1. The van der Waals surface area contributed by atoms with Crippen LogP contribution in [0.5, 0.6) is 0 Å². The average molecular weight is 335 g/mol. The van der Waals surface area contributed by atoms with Gasteiger partial charge in [0, 0.05) is 22.1 Å². The first kappa shape index (κ1) is 16.1. The number of nitrogens with zero attached hydrogens (tertiary/aromatic N) is 1. The molecule has 120 valence electrons. The molecule has 0 saturated carbocycles. The number of hydrogen-bond acceptors (Lipinski definition) is 4. The van der Waals surface area contributed by atoms with E-state index in [1.807, 2.05) is 73.0 Å². The van der Waals surface area contributed by atoms with Gasteiger partial charge in [0.25, 0.3) is 0 Å². The zero-order valence-corrected chi connectivity index (χ0v) is 14.3. The van der Waals surface area contributed by atoms with Gasteiger partial charge in [0.15, 0.2) is 0 Å². The summed E-state index contributed by atoms with van der Waals surface area (Å²) in [6.07, 6.45) is 0. The molecule has 4 heteroatoms. The van der Waals surface area contributed by atoms with Gasteiger partial charge in [-0.1, -0.05) is 60.7 Å². The number of ether oxygens (including phenoxy) is 1. The fourth-order valence-corrected chi connectivity index (χ4v) is 3.34. The maximum Gasteiger partial charge on any atom is 0.348 e. The fraction of sp³-hybridized carbons (Fsp3) is 0.100. The number of rotatable bonds is 4. The quantitative estimate of drug-likeness (QED) is 0.496. The van der Waals surface area contributed by atoms with Crippen molar-refractivity contribution in [1.82, 2.24) is 0 Å². The summed E-state index contributed by atoms with van der Waals surface area (Å²) in [6, 6.07) is 20.1. The van der Waals surface area contributed by atoms with E-state index in [9.17, 15) is 4.79 Å². The van der Waals surface area contributed by atoms with Crippen LogP contribution in [0.1, 0.15) is 26.4 Å². The summed E-state index contributed by atoms with van der Waals surface area (Å²) in [5.74, 6) is -0.320. The number of benzene rings is 2. The largest absolute Gasteiger partial charge is 0.465 e. The molecule has 0 aliphatic carbocycles. The van der Waals surface area contributed by atoms with E-state index >= 15 is 0 Å². The molecule has 0 spiro atoms. The van der Waals surface area contributed by atoms with Gasteiger partial charge in [0.1, 0.15) is 4.88 Å². The van der Waals surface area contributed by atoms with Gasteiger partial charge in [-0.3, -0.25) is 0 Å². The summed E-state index contributed by atoms with van der Waals surface area (Å²) in [5, 5.41) is 1.90. The first-order valence-corrected chi connectivity index (χ1v) is 8.44. The van der Waals surface area contributed by atoms with Crippen LogP contribution in [-0.4, -0.2) is 18.8 Å². The minimum atomic E-state index is -0.320. The zero-order chi connectivity index (χ0) is 16.9. The summed E-state index contributed by atoms with van der Waals surface area (Å²) in [4.78, 5) is 17.3. The first-order chi connectivity index (χ1) is 11.7. The highest BCUT2D eigenvalue weighted by Crippen LogP contribution is 2.31. The normalized spacial score (nSPS) is 10.2. The molecule has 0 saturated heterocycles. The first-order valence-electron chi connectivity index (χ1n) is 7.56. The van der Waals surface area contributed by atoms with Crippen molar-refractivity contribution >= 4 is 28.7 Å². The highest BCUT2D eigenvalue weighted by molar-refractivity contribution is 7.12. The van der Waals surface area contributed by atoms with E-state index in [1.54, 1.807) is 0 Å². The lowest BCUT2D eigenvalue weighted by Crippen LogP contribution is -2.03. The number of carbonyl (C=O) groups is 1. The average Bonchev–Trinajstić information content (AvgIpc) is 3.01. The van der Waals surface area contributed by atoms with Crippen molar-refractivity contribution in [2.24, 2.45) is 4.99 Å². The van der Waals surface area contributed by atoms with Gasteiger partial charge in [-0.15, -0.1) is 11.3 Å². The molecule has 24 heavy (non-hydrogen) atoms. The summed E-state index contributed by atoms with van der Waals surface area (Å²) in [6.45, 7) is 1.90. The maximum absolute atomic E-state index is 11.8. The van der Waals surface area contributed by atoms with Gasteiger partial charge in [-0.25, -0.2) is 9.79 Å². The van der Waals surface area contributed by atoms with Gasteiger partial charge < -0.3 is 4.74 Å². The Bertz CT molecular complexity index is 826. The predicted molar refractivity (Wildman–Crippen MR) is 98.6 cm³/mol. The van der Waals surface area contributed by atoms with Crippen LogP contribution >= 0.6 is 11.3 Å². The second-order valence-corrected chi connectivity index (χ2v) is 6.14. The van der Waals surface area contributed by atoms with Crippen LogP contribution < -0.4 is 0 Å². The van der Waals surface area contributed by atoms with Crippen LogP contribution in [0.4, 0.5) is 5.69 Å². The Labute approximate surface area is 145 Å². The zero-order valence-electron chi connectivity index (χ0n) is 13.5. The lowest BCUT2D eigenvalue weighted by molar-refractivity contribution is 0.0605. The Balaban J connectivity index is 2.12. The monoisotopic (exact) mass is 335 g/mol. The minimum Gasteiger partial charge on any atom is -0.465 e. The van der Waals surface area contributed by atoms with Crippen LogP contribution in [0.3, 0.4) is 0 Å². The van der Waals surface area contributed by atoms with E-state index < -0.39 is 0 Å². The molecule has 0 N–H and O–H groups in total. The molecule has 0 fully saturated rings. The van der Waals surface area contributed by atoms with E-state index in [2.05, 4.69) is 0 Å². The Hall–Kier alpha value is -2.72. The van der Waals surface area contributed by atoms with Crippen molar-refractivity contribution in [3.8, 4) is 0 Å². The molecular weight excluding hydrogens is 318 g/mol. The molecule has 3 rings (SSSR count). The summed E-state index contributed by atoms with van der Waals surface area (Å²) in [7, 11) is 1.39. The Morgan fingerprint density at radius 2 is 1.50 bits per heavy atom. The standard InChI is InChI=1S/C20H17NO2S/c1-14-17(13-24-19(14)20(22)23-2)21-18(15-9-5-3-6-10-15)16-11-7-4-8-12-16/h3-13H,1-2H3. The van der Waals surface area contributed by atoms with Gasteiger partial charge in [-0.05, 0) is 6.92 Å². The van der Waals surface area contributed by atoms with E-state index in [0.29, 0.717) is 4.88 Å². The molecule has 0 atom stereocenters. The molecule has 0 radical (unpaired) electrons. The molecule has 3 aromatic rings. The van der Waals surface area contributed by atoms with Gasteiger partial charge in [-0.2, -0.15) is 0 Å². The second-order valence-electron chi connectivity index (χ2n) is 5.26. The third-order valence-corrected chi connectivity index (χ3v) is 4.76. The van der Waals surface area contributed by atoms with Crippen molar-refractivity contribution < 1.29 is 9.53 Å². The van der Waals surface area contributed by atoms with Crippen molar-refractivity contribution in [3.63, 3.8) is 0 Å². The van der Waals surface area contributed by atoms with E-state index in [-0.39, 0.29) is 5.97 Å². The number of esters is 1. The predicted octanol–water partition coefficient (Wildman–Crippen LogP) is 5.01. The molecule has 3 nitrogen and oxygen atoms in total. The van der Waals surface area contributed by atoms with Gasteiger partial charge in [0.05, 0.1) is 18.5 Å². The van der Waals surface area contributed by atoms with Crippen LogP contribution in [-0.2, 0) is 4.74 Å². The Kier molecular flexibility index (Phi) is 4.87. The minimum absolute atomic E-state index is 0.320. The number of hydrogen-bond donors (Lipinski definition) is 0. The lowest BCUT2D eigenvalue weighted by atomic mass is 10.0. The molecule has 1 heterocycles. The van der Waals surface area contributed by atoms with Crippen molar-refractivity contribution in [3.05, 3.63) is 87.6 Å².